The number of benzene rings is 2. The third kappa shape index (κ3) is 4.35. The van der Waals surface area contributed by atoms with Crippen LogP contribution in [-0.4, -0.2) is 45.0 Å². The zero-order valence-corrected chi connectivity index (χ0v) is 14.4. The molecule has 1 heterocycles. The average molecular weight is 361 g/mol. The molecule has 26 heavy (non-hydrogen) atoms. The molecular weight excluding hydrogens is 342 g/mol. The second kappa shape index (κ2) is 9.16. The van der Waals surface area contributed by atoms with Crippen LogP contribution in [0.4, 0.5) is 0 Å². The molecule has 138 valence electrons. The number of carbonyl (C=O) groups is 2. The van der Waals surface area contributed by atoms with Crippen molar-refractivity contribution in [3.05, 3.63) is 36.4 Å². The van der Waals surface area contributed by atoms with Crippen molar-refractivity contribution in [2.75, 3.05) is 27.6 Å². The van der Waals surface area contributed by atoms with Crippen LogP contribution in [0.25, 0.3) is 11.1 Å². The number of carboxylic acid groups (broad SMARTS) is 1. The maximum atomic E-state index is 11.4. The van der Waals surface area contributed by atoms with Crippen LogP contribution in [0.5, 0.6) is 23.0 Å². The molecule has 3 rings (SSSR count). The van der Waals surface area contributed by atoms with Crippen LogP contribution >= 0.6 is 0 Å². The van der Waals surface area contributed by atoms with Gasteiger partial charge in [-0.05, 0) is 12.1 Å². The third-order valence-electron chi connectivity index (χ3n) is 3.51. The fraction of sp³-hybridized carbons (Fsp3) is 0.222. The number of methoxy groups -OCH3 is 1. The van der Waals surface area contributed by atoms with Crippen LogP contribution in [0.1, 0.15) is 0 Å². The van der Waals surface area contributed by atoms with Gasteiger partial charge < -0.3 is 29.4 Å². The molecule has 0 atom stereocenters. The van der Waals surface area contributed by atoms with Crippen LogP contribution in [0.3, 0.4) is 0 Å². The molecular formula is C18H19NO7. The molecule has 0 saturated carbocycles. The zero-order valence-electron chi connectivity index (χ0n) is 14.4. The minimum Gasteiger partial charge on any atom is -0.496 e. The highest BCUT2D eigenvalue weighted by molar-refractivity contribution is 5.80. The monoisotopic (exact) mass is 361 g/mol. The topological polar surface area (TPSA) is 103 Å². The molecule has 0 fully saturated rings. The molecule has 1 amide bonds. The molecule has 8 heteroatoms. The molecule has 0 unspecified atom stereocenters. The van der Waals surface area contributed by atoms with E-state index in [1.165, 1.54) is 0 Å². The summed E-state index contributed by atoms with van der Waals surface area (Å²) in [4.78, 5) is 19.8. The molecule has 1 aliphatic heterocycles. The predicted molar refractivity (Wildman–Crippen MR) is 92.8 cm³/mol. The van der Waals surface area contributed by atoms with Crippen molar-refractivity contribution >= 4 is 12.4 Å². The second-order valence-corrected chi connectivity index (χ2v) is 4.97. The Balaban J connectivity index is 0.000000758. The van der Waals surface area contributed by atoms with Crippen molar-refractivity contribution in [1.82, 2.24) is 5.32 Å². The Morgan fingerprint density at radius 1 is 1.19 bits per heavy atom. The molecule has 0 aromatic heterocycles. The fourth-order valence-electron chi connectivity index (χ4n) is 2.33. The van der Waals surface area contributed by atoms with Crippen LogP contribution < -0.4 is 24.3 Å². The summed E-state index contributed by atoms with van der Waals surface area (Å²) in [6.45, 7) is -0.114. The van der Waals surface area contributed by atoms with Gasteiger partial charge in [0.25, 0.3) is 12.4 Å². The summed E-state index contributed by atoms with van der Waals surface area (Å²) in [5, 5.41) is 9.41. The Morgan fingerprint density at radius 2 is 1.85 bits per heavy atom. The molecule has 8 nitrogen and oxygen atoms in total. The lowest BCUT2D eigenvalue weighted by Crippen LogP contribution is -2.24. The zero-order chi connectivity index (χ0) is 18.9. The van der Waals surface area contributed by atoms with Crippen molar-refractivity contribution in [2.24, 2.45) is 0 Å². The Labute approximate surface area is 150 Å². The fourth-order valence-corrected chi connectivity index (χ4v) is 2.33. The molecule has 2 aromatic carbocycles. The number of fused-ring (bicyclic) bond motifs is 1. The molecule has 0 spiro atoms. The van der Waals surface area contributed by atoms with Gasteiger partial charge in [0.15, 0.2) is 18.1 Å². The number of ether oxygens (including phenoxy) is 4. The highest BCUT2D eigenvalue weighted by Crippen LogP contribution is 2.44. The lowest BCUT2D eigenvalue weighted by molar-refractivity contribution is -0.123. The van der Waals surface area contributed by atoms with E-state index < -0.39 is 0 Å². The van der Waals surface area contributed by atoms with E-state index in [4.69, 9.17) is 28.8 Å². The SMILES string of the molecule is CNC(=O)COc1ccccc1-c1cc2c(cc1OC)OCO2.O=CO. The number of carbonyl (C=O) groups excluding carboxylic acids is 1. The second-order valence-electron chi connectivity index (χ2n) is 4.97. The Bertz CT molecular complexity index is 776. The molecule has 0 radical (unpaired) electrons. The first-order chi connectivity index (χ1) is 12.6. The average Bonchev–Trinajstić information content (AvgIpc) is 3.13. The first-order valence-corrected chi connectivity index (χ1v) is 7.62. The number of likely N-dealkylation sites (N-methyl/N-ethyl adjacent to an activating group) is 1. The summed E-state index contributed by atoms with van der Waals surface area (Å²) in [7, 11) is 3.16. The summed E-state index contributed by atoms with van der Waals surface area (Å²) in [5.41, 5.74) is 1.62. The smallest absolute Gasteiger partial charge is 0.290 e. The highest BCUT2D eigenvalue weighted by atomic mass is 16.7. The first-order valence-electron chi connectivity index (χ1n) is 7.62. The first kappa shape index (κ1) is 18.9. The number of amides is 1. The largest absolute Gasteiger partial charge is 0.496 e. The minimum atomic E-state index is -0.250. The van der Waals surface area contributed by atoms with Crippen molar-refractivity contribution in [3.8, 4) is 34.1 Å². The number of para-hydroxylation sites is 1. The van der Waals surface area contributed by atoms with Gasteiger partial charge in [0, 0.05) is 24.2 Å². The van der Waals surface area contributed by atoms with Gasteiger partial charge in [0.1, 0.15) is 11.5 Å². The van der Waals surface area contributed by atoms with Crippen molar-refractivity contribution in [3.63, 3.8) is 0 Å². The lowest BCUT2D eigenvalue weighted by Gasteiger charge is -2.14. The van der Waals surface area contributed by atoms with E-state index in [-0.39, 0.29) is 25.8 Å². The van der Waals surface area contributed by atoms with Crippen molar-refractivity contribution in [1.29, 1.82) is 0 Å². The van der Waals surface area contributed by atoms with Gasteiger partial charge in [-0.1, -0.05) is 18.2 Å². The van der Waals surface area contributed by atoms with E-state index in [2.05, 4.69) is 5.32 Å². The quantitative estimate of drug-likeness (QED) is 0.784. The van der Waals surface area contributed by atoms with E-state index in [0.29, 0.717) is 23.0 Å². The van der Waals surface area contributed by atoms with Crippen LogP contribution in [-0.2, 0) is 9.59 Å². The highest BCUT2D eigenvalue weighted by Gasteiger charge is 2.20. The van der Waals surface area contributed by atoms with Gasteiger partial charge in [-0.15, -0.1) is 0 Å². The number of hydrogen-bond donors (Lipinski definition) is 2. The van der Waals surface area contributed by atoms with E-state index in [1.807, 2.05) is 30.3 Å². The van der Waals surface area contributed by atoms with E-state index in [9.17, 15) is 4.79 Å². The summed E-state index contributed by atoms with van der Waals surface area (Å²) >= 11 is 0. The van der Waals surface area contributed by atoms with E-state index >= 15 is 0 Å². The molecule has 2 aromatic rings. The molecule has 0 saturated heterocycles. The van der Waals surface area contributed by atoms with Gasteiger partial charge in [-0.25, -0.2) is 0 Å². The summed E-state index contributed by atoms with van der Waals surface area (Å²) in [6, 6.07) is 11.1. The van der Waals surface area contributed by atoms with Gasteiger partial charge >= 0.3 is 0 Å². The van der Waals surface area contributed by atoms with Gasteiger partial charge in [-0.2, -0.15) is 0 Å². The minimum absolute atomic E-state index is 0.0552. The van der Waals surface area contributed by atoms with Crippen LogP contribution in [0.15, 0.2) is 36.4 Å². The molecule has 2 N–H and O–H groups in total. The molecule has 1 aliphatic rings. The molecule has 0 bridgehead atoms. The lowest BCUT2D eigenvalue weighted by atomic mass is 10.0. The summed E-state index contributed by atoms with van der Waals surface area (Å²) in [6.07, 6.45) is 0. The number of hydrogen-bond acceptors (Lipinski definition) is 6. The van der Waals surface area contributed by atoms with Gasteiger partial charge in [0.05, 0.1) is 7.11 Å². The predicted octanol–water partition coefficient (Wildman–Crippen LogP) is 1.92. The van der Waals surface area contributed by atoms with Crippen molar-refractivity contribution < 1.29 is 33.6 Å². The van der Waals surface area contributed by atoms with E-state index in [1.54, 1.807) is 20.2 Å². The normalized spacial score (nSPS) is 11.0. The Hall–Kier alpha value is -3.42. The van der Waals surface area contributed by atoms with E-state index in [0.717, 1.165) is 11.1 Å². The third-order valence-corrected chi connectivity index (χ3v) is 3.51. The summed E-state index contributed by atoms with van der Waals surface area (Å²) in [5.74, 6) is 2.34. The standard InChI is InChI=1S/C17H17NO5.CH2O2/c1-18-17(19)9-21-13-6-4-3-5-11(13)12-7-15-16(23-10-22-15)8-14(12)20-2;2-1-3/h3-8H,9-10H2,1-2H3,(H,18,19);1H,(H,2,3). The Morgan fingerprint density at radius 3 is 2.50 bits per heavy atom. The van der Waals surface area contributed by atoms with Crippen molar-refractivity contribution in [2.45, 2.75) is 0 Å². The van der Waals surface area contributed by atoms with Crippen LogP contribution in [0.2, 0.25) is 0 Å². The Kier molecular flexibility index (Phi) is 6.67. The molecule has 0 aliphatic carbocycles. The maximum Gasteiger partial charge on any atom is 0.290 e. The summed E-state index contributed by atoms with van der Waals surface area (Å²) < 4.78 is 21.9. The number of nitrogens with one attached hydrogen (secondary N) is 1. The maximum absolute atomic E-state index is 11.4. The van der Waals surface area contributed by atoms with Crippen LogP contribution in [0, 0.1) is 0 Å². The van der Waals surface area contributed by atoms with Gasteiger partial charge in [-0.3, -0.25) is 9.59 Å². The van der Waals surface area contributed by atoms with Gasteiger partial charge in [0.2, 0.25) is 6.79 Å². The number of rotatable bonds is 5.